The van der Waals surface area contributed by atoms with Crippen LogP contribution in [0.15, 0.2) is 6.33 Å². The molecule has 0 aliphatic carbocycles. The highest BCUT2D eigenvalue weighted by molar-refractivity contribution is 5.35. The van der Waals surface area contributed by atoms with E-state index in [1.165, 1.54) is 0 Å². The Kier molecular flexibility index (Phi) is 5.24. The van der Waals surface area contributed by atoms with E-state index in [4.69, 9.17) is 4.74 Å². The Labute approximate surface area is 123 Å². The average Bonchev–Trinajstić information content (AvgIpc) is 2.88. The van der Waals surface area contributed by atoms with Gasteiger partial charge in [0.15, 0.2) is 5.82 Å². The van der Waals surface area contributed by atoms with Crippen LogP contribution in [-0.4, -0.2) is 42.9 Å². The second-order valence-electron chi connectivity index (χ2n) is 4.34. The molecule has 0 amide bonds. The van der Waals surface area contributed by atoms with E-state index in [1.54, 1.807) is 6.33 Å². The molecule has 0 saturated carbocycles. The number of anilines is 2. The van der Waals surface area contributed by atoms with Crippen molar-refractivity contribution in [2.45, 2.75) is 26.8 Å². The van der Waals surface area contributed by atoms with Crippen LogP contribution < -0.4 is 15.4 Å². The average molecular weight is 292 g/mol. The van der Waals surface area contributed by atoms with Gasteiger partial charge in [-0.15, -0.1) is 10.2 Å². The summed E-state index contributed by atoms with van der Waals surface area (Å²) in [5.74, 6) is 1.72. The summed E-state index contributed by atoms with van der Waals surface area (Å²) in [4.78, 5) is 12.7. The number of aromatic nitrogens is 6. The maximum atomic E-state index is 5.35. The quantitative estimate of drug-likeness (QED) is 0.737. The van der Waals surface area contributed by atoms with E-state index in [9.17, 15) is 0 Å². The molecule has 0 spiro atoms. The summed E-state index contributed by atoms with van der Waals surface area (Å²) in [5, 5.41) is 14.0. The van der Waals surface area contributed by atoms with Crippen LogP contribution in [0.2, 0.25) is 0 Å². The predicted molar refractivity (Wildman–Crippen MR) is 78.1 cm³/mol. The molecule has 0 radical (unpaired) electrons. The minimum absolute atomic E-state index is 0.298. The normalized spacial score (nSPS) is 10.4. The topological polar surface area (TPSA) is 103 Å². The zero-order valence-corrected chi connectivity index (χ0v) is 12.5. The first-order chi connectivity index (χ1) is 10.2. The van der Waals surface area contributed by atoms with E-state index in [0.717, 1.165) is 18.8 Å². The summed E-state index contributed by atoms with van der Waals surface area (Å²) in [6.07, 6.45) is 2.63. The van der Waals surface area contributed by atoms with Crippen molar-refractivity contribution in [2.24, 2.45) is 7.05 Å². The molecule has 0 aliphatic heterocycles. The largest absolute Gasteiger partial charge is 0.464 e. The Hall–Kier alpha value is -2.45. The third-order valence-corrected chi connectivity index (χ3v) is 2.63. The second kappa shape index (κ2) is 7.36. The van der Waals surface area contributed by atoms with E-state index in [2.05, 4.69) is 42.7 Å². The van der Waals surface area contributed by atoms with Crippen LogP contribution >= 0.6 is 0 Å². The Morgan fingerprint density at radius 1 is 1.14 bits per heavy atom. The lowest BCUT2D eigenvalue weighted by Gasteiger charge is -2.09. The molecular formula is C12H20N8O. The van der Waals surface area contributed by atoms with Crippen LogP contribution in [0.5, 0.6) is 6.01 Å². The maximum Gasteiger partial charge on any atom is 0.323 e. The van der Waals surface area contributed by atoms with Crippen LogP contribution in [0.1, 0.15) is 26.1 Å². The van der Waals surface area contributed by atoms with Crippen LogP contribution in [0.25, 0.3) is 0 Å². The lowest BCUT2D eigenvalue weighted by Crippen LogP contribution is -2.12. The molecule has 0 saturated heterocycles. The molecule has 21 heavy (non-hydrogen) atoms. The fraction of sp³-hybridized carbons (Fsp3) is 0.583. The van der Waals surface area contributed by atoms with Crippen LogP contribution in [0, 0.1) is 0 Å². The molecule has 2 aromatic rings. The maximum absolute atomic E-state index is 5.35. The first-order valence-corrected chi connectivity index (χ1v) is 6.92. The smallest absolute Gasteiger partial charge is 0.323 e. The van der Waals surface area contributed by atoms with Crippen molar-refractivity contribution in [3.05, 3.63) is 12.2 Å². The minimum atomic E-state index is 0.298. The molecule has 114 valence electrons. The van der Waals surface area contributed by atoms with E-state index in [0.29, 0.717) is 31.1 Å². The van der Waals surface area contributed by atoms with Gasteiger partial charge in [-0.05, 0) is 13.3 Å². The van der Waals surface area contributed by atoms with Crippen molar-refractivity contribution in [3.8, 4) is 6.01 Å². The van der Waals surface area contributed by atoms with Crippen molar-refractivity contribution in [1.82, 2.24) is 29.7 Å². The van der Waals surface area contributed by atoms with Crippen molar-refractivity contribution in [1.29, 1.82) is 0 Å². The SMILES string of the molecule is CCCNc1nc(NCc2nncn2C)nc(OCC)n1. The van der Waals surface area contributed by atoms with Gasteiger partial charge in [0.05, 0.1) is 13.2 Å². The first-order valence-electron chi connectivity index (χ1n) is 6.92. The van der Waals surface area contributed by atoms with Gasteiger partial charge in [0.2, 0.25) is 11.9 Å². The highest BCUT2D eigenvalue weighted by Gasteiger charge is 2.08. The van der Waals surface area contributed by atoms with Gasteiger partial charge in [-0.3, -0.25) is 0 Å². The van der Waals surface area contributed by atoms with Gasteiger partial charge in [0, 0.05) is 13.6 Å². The lowest BCUT2D eigenvalue weighted by molar-refractivity contribution is 0.312. The van der Waals surface area contributed by atoms with Crippen LogP contribution in [0.3, 0.4) is 0 Å². The van der Waals surface area contributed by atoms with Gasteiger partial charge in [0.1, 0.15) is 6.33 Å². The number of nitrogens with one attached hydrogen (secondary N) is 2. The van der Waals surface area contributed by atoms with Crippen molar-refractivity contribution >= 4 is 11.9 Å². The number of hydrogen-bond donors (Lipinski definition) is 2. The molecule has 2 rings (SSSR count). The number of hydrogen-bond acceptors (Lipinski definition) is 8. The fourth-order valence-corrected chi connectivity index (χ4v) is 1.57. The molecule has 0 fully saturated rings. The monoisotopic (exact) mass is 292 g/mol. The van der Waals surface area contributed by atoms with E-state index in [1.807, 2.05) is 18.5 Å². The highest BCUT2D eigenvalue weighted by atomic mass is 16.5. The Morgan fingerprint density at radius 2 is 1.90 bits per heavy atom. The third-order valence-electron chi connectivity index (χ3n) is 2.63. The molecule has 9 nitrogen and oxygen atoms in total. The van der Waals surface area contributed by atoms with E-state index >= 15 is 0 Å². The summed E-state index contributed by atoms with van der Waals surface area (Å²) in [6.45, 7) is 5.72. The van der Waals surface area contributed by atoms with E-state index in [-0.39, 0.29) is 0 Å². The summed E-state index contributed by atoms with van der Waals surface area (Å²) >= 11 is 0. The predicted octanol–water partition coefficient (Wildman–Crippen LogP) is 0.833. The summed E-state index contributed by atoms with van der Waals surface area (Å²) in [6, 6.07) is 0.298. The number of ether oxygens (including phenoxy) is 1. The number of rotatable bonds is 8. The van der Waals surface area contributed by atoms with Crippen molar-refractivity contribution in [2.75, 3.05) is 23.8 Å². The van der Waals surface area contributed by atoms with Gasteiger partial charge >= 0.3 is 6.01 Å². The van der Waals surface area contributed by atoms with Crippen LogP contribution in [-0.2, 0) is 13.6 Å². The summed E-state index contributed by atoms with van der Waals surface area (Å²) < 4.78 is 7.18. The molecular weight excluding hydrogens is 272 g/mol. The fourth-order valence-electron chi connectivity index (χ4n) is 1.57. The van der Waals surface area contributed by atoms with Gasteiger partial charge in [-0.1, -0.05) is 6.92 Å². The van der Waals surface area contributed by atoms with Crippen molar-refractivity contribution in [3.63, 3.8) is 0 Å². The second-order valence-corrected chi connectivity index (χ2v) is 4.34. The third kappa shape index (κ3) is 4.26. The van der Waals surface area contributed by atoms with Gasteiger partial charge < -0.3 is 19.9 Å². The zero-order chi connectivity index (χ0) is 15.1. The molecule has 0 aliphatic rings. The molecule has 2 N–H and O–H groups in total. The summed E-state index contributed by atoms with van der Waals surface area (Å²) in [5.41, 5.74) is 0. The molecule has 0 bridgehead atoms. The molecule has 9 heteroatoms. The first kappa shape index (κ1) is 14.9. The summed E-state index contributed by atoms with van der Waals surface area (Å²) in [7, 11) is 1.88. The molecule has 2 aromatic heterocycles. The highest BCUT2D eigenvalue weighted by Crippen LogP contribution is 2.12. The molecule has 2 heterocycles. The zero-order valence-electron chi connectivity index (χ0n) is 12.5. The Morgan fingerprint density at radius 3 is 2.52 bits per heavy atom. The van der Waals surface area contributed by atoms with Gasteiger partial charge in [0.25, 0.3) is 0 Å². The standard InChI is InChI=1S/C12H20N8O/c1-4-6-13-10-16-11(18-12(17-10)21-5-2)14-7-9-19-15-8-20(9)3/h8H,4-7H2,1-3H3,(H2,13,14,16,17,18). The van der Waals surface area contributed by atoms with Crippen LogP contribution in [0.4, 0.5) is 11.9 Å². The van der Waals surface area contributed by atoms with Gasteiger partial charge in [-0.2, -0.15) is 15.0 Å². The molecule has 0 atom stereocenters. The number of aryl methyl sites for hydroxylation is 1. The van der Waals surface area contributed by atoms with Gasteiger partial charge in [-0.25, -0.2) is 0 Å². The lowest BCUT2D eigenvalue weighted by atomic mass is 10.5. The molecule has 0 aromatic carbocycles. The Bertz CT molecular complexity index is 570. The Balaban J connectivity index is 2.09. The number of nitrogens with zero attached hydrogens (tertiary/aromatic N) is 6. The molecule has 0 unspecified atom stereocenters. The van der Waals surface area contributed by atoms with E-state index < -0.39 is 0 Å². The van der Waals surface area contributed by atoms with Crippen molar-refractivity contribution < 1.29 is 4.74 Å². The minimum Gasteiger partial charge on any atom is -0.464 e.